The molecule has 0 aromatic heterocycles. The van der Waals surface area contributed by atoms with Crippen LogP contribution in [0.3, 0.4) is 0 Å². The van der Waals surface area contributed by atoms with Crippen molar-refractivity contribution < 1.29 is 9.47 Å². The summed E-state index contributed by atoms with van der Waals surface area (Å²) in [4.78, 5) is 0. The lowest BCUT2D eigenvalue weighted by Gasteiger charge is -2.38. The Kier molecular flexibility index (Phi) is 8.11. The van der Waals surface area contributed by atoms with Crippen molar-refractivity contribution >= 4 is 0 Å². The van der Waals surface area contributed by atoms with Gasteiger partial charge in [-0.2, -0.15) is 0 Å². The minimum atomic E-state index is 0.346. The standard InChI is InChI=1S/C23H42O2/c1-3-4-18-5-10-20(11-6-18)21-12-7-19(8-13-21)9-14-22-15-16-23(24-2)17-25-22/h18-23H,3-17H2,1-2H3. The van der Waals surface area contributed by atoms with Gasteiger partial charge in [0.25, 0.3) is 0 Å². The Labute approximate surface area is 156 Å². The van der Waals surface area contributed by atoms with E-state index in [9.17, 15) is 0 Å². The first-order chi connectivity index (χ1) is 12.3. The fourth-order valence-electron chi connectivity index (χ4n) is 5.92. The Morgan fingerprint density at radius 2 is 1.32 bits per heavy atom. The minimum Gasteiger partial charge on any atom is -0.379 e. The fraction of sp³-hybridized carbons (Fsp3) is 1.00. The molecule has 1 heterocycles. The zero-order valence-electron chi connectivity index (χ0n) is 16.9. The van der Waals surface area contributed by atoms with Crippen LogP contribution in [0.2, 0.25) is 0 Å². The SMILES string of the molecule is CCCC1CCC(C2CCC(CCC3CCC(OC)CO3)CC2)CC1. The zero-order valence-corrected chi connectivity index (χ0v) is 16.9. The molecule has 2 unspecified atom stereocenters. The fourth-order valence-corrected chi connectivity index (χ4v) is 5.92. The molecule has 0 bridgehead atoms. The largest absolute Gasteiger partial charge is 0.379 e. The summed E-state index contributed by atoms with van der Waals surface area (Å²) in [5.74, 6) is 4.18. The molecule has 25 heavy (non-hydrogen) atoms. The maximum absolute atomic E-state index is 5.99. The molecule has 0 aromatic rings. The molecule has 1 saturated heterocycles. The van der Waals surface area contributed by atoms with Crippen molar-refractivity contribution in [1.29, 1.82) is 0 Å². The Morgan fingerprint density at radius 3 is 1.80 bits per heavy atom. The van der Waals surface area contributed by atoms with Crippen LogP contribution in [0, 0.1) is 23.7 Å². The highest BCUT2D eigenvalue weighted by Gasteiger charge is 2.31. The van der Waals surface area contributed by atoms with Gasteiger partial charge in [0.1, 0.15) is 0 Å². The van der Waals surface area contributed by atoms with E-state index < -0.39 is 0 Å². The highest BCUT2D eigenvalue weighted by Crippen LogP contribution is 2.43. The van der Waals surface area contributed by atoms with E-state index in [1.54, 1.807) is 0 Å². The van der Waals surface area contributed by atoms with E-state index >= 15 is 0 Å². The lowest BCUT2D eigenvalue weighted by Crippen LogP contribution is -2.31. The third-order valence-corrected chi connectivity index (χ3v) is 7.71. The summed E-state index contributed by atoms with van der Waals surface area (Å²) in [6.45, 7) is 3.16. The number of methoxy groups -OCH3 is 1. The summed E-state index contributed by atoms with van der Waals surface area (Å²) in [7, 11) is 1.81. The number of rotatable bonds is 7. The van der Waals surface area contributed by atoms with Gasteiger partial charge in [0, 0.05) is 7.11 Å². The van der Waals surface area contributed by atoms with E-state index in [1.807, 2.05) is 7.11 Å². The molecule has 146 valence electrons. The summed E-state index contributed by atoms with van der Waals surface area (Å²) in [5.41, 5.74) is 0. The molecule has 2 heteroatoms. The van der Waals surface area contributed by atoms with Gasteiger partial charge in [-0.15, -0.1) is 0 Å². The number of ether oxygens (including phenoxy) is 2. The number of hydrogen-bond acceptors (Lipinski definition) is 2. The van der Waals surface area contributed by atoms with Crippen LogP contribution in [0.25, 0.3) is 0 Å². The van der Waals surface area contributed by atoms with Crippen molar-refractivity contribution in [2.24, 2.45) is 23.7 Å². The van der Waals surface area contributed by atoms with Crippen molar-refractivity contribution in [1.82, 2.24) is 0 Å². The average molecular weight is 351 g/mol. The first-order valence-electron chi connectivity index (χ1n) is 11.4. The van der Waals surface area contributed by atoms with Gasteiger partial charge >= 0.3 is 0 Å². The topological polar surface area (TPSA) is 18.5 Å². The Hall–Kier alpha value is -0.0800. The van der Waals surface area contributed by atoms with Gasteiger partial charge in [0.2, 0.25) is 0 Å². The second kappa shape index (κ2) is 10.3. The molecule has 3 fully saturated rings. The second-order valence-electron chi connectivity index (χ2n) is 9.32. The summed E-state index contributed by atoms with van der Waals surface area (Å²) < 4.78 is 11.4. The van der Waals surface area contributed by atoms with Crippen LogP contribution in [-0.2, 0) is 9.47 Å². The molecule has 0 amide bonds. The molecule has 2 aliphatic carbocycles. The van der Waals surface area contributed by atoms with E-state index in [1.165, 1.54) is 89.9 Å². The summed E-state index contributed by atoms with van der Waals surface area (Å²) >= 11 is 0. The summed E-state index contributed by atoms with van der Waals surface area (Å²) in [6, 6.07) is 0. The third-order valence-electron chi connectivity index (χ3n) is 7.71. The van der Waals surface area contributed by atoms with E-state index in [4.69, 9.17) is 9.47 Å². The first-order valence-corrected chi connectivity index (χ1v) is 11.4. The van der Waals surface area contributed by atoms with Gasteiger partial charge < -0.3 is 9.47 Å². The van der Waals surface area contributed by atoms with Crippen LogP contribution >= 0.6 is 0 Å². The Bertz CT molecular complexity index is 345. The van der Waals surface area contributed by atoms with Crippen LogP contribution in [0.4, 0.5) is 0 Å². The smallest absolute Gasteiger partial charge is 0.0805 e. The normalized spacial score (nSPS) is 40.1. The van der Waals surface area contributed by atoms with Crippen LogP contribution in [0.15, 0.2) is 0 Å². The molecule has 0 spiro atoms. The van der Waals surface area contributed by atoms with Crippen LogP contribution in [0.1, 0.15) is 96.8 Å². The van der Waals surface area contributed by atoms with Crippen molar-refractivity contribution in [3.63, 3.8) is 0 Å². The van der Waals surface area contributed by atoms with E-state index in [0.29, 0.717) is 12.2 Å². The zero-order chi connectivity index (χ0) is 17.5. The van der Waals surface area contributed by atoms with Crippen LogP contribution in [-0.4, -0.2) is 25.9 Å². The van der Waals surface area contributed by atoms with Gasteiger partial charge in [-0.1, -0.05) is 45.4 Å². The monoisotopic (exact) mass is 350 g/mol. The average Bonchev–Trinajstić information content (AvgIpc) is 2.68. The molecular weight excluding hydrogens is 308 g/mol. The predicted octanol–water partition coefficient (Wildman–Crippen LogP) is 6.37. The van der Waals surface area contributed by atoms with Gasteiger partial charge in [-0.25, -0.2) is 0 Å². The maximum Gasteiger partial charge on any atom is 0.0805 e. The molecule has 2 nitrogen and oxygen atoms in total. The molecule has 0 N–H and O–H groups in total. The molecular formula is C23H42O2. The molecule has 3 rings (SSSR count). The quantitative estimate of drug-likeness (QED) is 0.531. The number of hydrogen-bond donors (Lipinski definition) is 0. The van der Waals surface area contributed by atoms with Crippen LogP contribution in [0.5, 0.6) is 0 Å². The van der Waals surface area contributed by atoms with Crippen molar-refractivity contribution in [3.8, 4) is 0 Å². The second-order valence-corrected chi connectivity index (χ2v) is 9.32. The van der Waals surface area contributed by atoms with Crippen molar-refractivity contribution in [2.45, 2.75) is 109 Å². The van der Waals surface area contributed by atoms with Gasteiger partial charge in [0.05, 0.1) is 18.8 Å². The van der Waals surface area contributed by atoms with Gasteiger partial charge in [-0.3, -0.25) is 0 Å². The molecule has 0 aromatic carbocycles. The van der Waals surface area contributed by atoms with E-state index in [2.05, 4.69) is 6.92 Å². The Morgan fingerprint density at radius 1 is 0.720 bits per heavy atom. The molecule has 3 aliphatic rings. The Balaban J connectivity index is 1.29. The van der Waals surface area contributed by atoms with Gasteiger partial charge in [-0.05, 0) is 75.0 Å². The third kappa shape index (κ3) is 5.96. The molecule has 1 aliphatic heterocycles. The molecule has 2 saturated carbocycles. The predicted molar refractivity (Wildman–Crippen MR) is 105 cm³/mol. The van der Waals surface area contributed by atoms with Crippen molar-refractivity contribution in [3.05, 3.63) is 0 Å². The highest BCUT2D eigenvalue weighted by molar-refractivity contribution is 4.82. The maximum atomic E-state index is 5.99. The highest BCUT2D eigenvalue weighted by atomic mass is 16.5. The van der Waals surface area contributed by atoms with Crippen LogP contribution < -0.4 is 0 Å². The first kappa shape index (κ1) is 19.7. The summed E-state index contributed by atoms with van der Waals surface area (Å²) in [5, 5.41) is 0. The van der Waals surface area contributed by atoms with E-state index in [-0.39, 0.29) is 0 Å². The van der Waals surface area contributed by atoms with E-state index in [0.717, 1.165) is 30.3 Å². The lowest BCUT2D eigenvalue weighted by molar-refractivity contribution is -0.0751. The summed E-state index contributed by atoms with van der Waals surface area (Å²) in [6.07, 6.45) is 21.0. The van der Waals surface area contributed by atoms with Gasteiger partial charge in [0.15, 0.2) is 0 Å². The molecule has 0 radical (unpaired) electrons. The minimum absolute atomic E-state index is 0.346. The van der Waals surface area contributed by atoms with Crippen molar-refractivity contribution in [2.75, 3.05) is 13.7 Å². The molecule has 2 atom stereocenters. The lowest BCUT2D eigenvalue weighted by atomic mass is 9.68.